The van der Waals surface area contributed by atoms with Crippen LogP contribution in [-0.2, 0) is 4.79 Å². The van der Waals surface area contributed by atoms with E-state index in [1.165, 1.54) is 18.2 Å². The minimum atomic E-state index is -0.178. The van der Waals surface area contributed by atoms with Crippen LogP contribution in [0.25, 0.3) is 23.0 Å². The number of hydrogen-bond acceptors (Lipinski definition) is 5. The van der Waals surface area contributed by atoms with E-state index in [0.29, 0.717) is 17.4 Å². The van der Waals surface area contributed by atoms with E-state index < -0.39 is 0 Å². The highest BCUT2D eigenvalue weighted by molar-refractivity contribution is 8.18. The summed E-state index contributed by atoms with van der Waals surface area (Å²) in [6, 6.07) is 18.0. The summed E-state index contributed by atoms with van der Waals surface area (Å²) in [7, 11) is 0. The summed E-state index contributed by atoms with van der Waals surface area (Å²) >= 11 is 1.47. The van der Waals surface area contributed by atoms with Crippen LogP contribution >= 0.6 is 11.8 Å². The molecule has 0 saturated carbocycles. The second kappa shape index (κ2) is 11.2. The monoisotopic (exact) mass is 500 g/mol. The smallest absolute Gasteiger partial charge is 0.286 e. The standard InChI is InChI=1S/C29H32N4O2S/c1-3-4-16-35-25-14-8-11-22(17-25)27-23(20-33(31-27)24-12-6-5-7-13-24)18-26-28(34)30-29(36-26)32-15-9-10-21(2)19-32/h5-8,11-14,17-18,20-21H,3-4,9-10,15-16,19H2,1-2H3/b26-18-/t21-/m0/s1. The molecule has 0 radical (unpaired) electrons. The van der Waals surface area contributed by atoms with Crippen molar-refractivity contribution in [3.05, 3.63) is 71.3 Å². The van der Waals surface area contributed by atoms with Crippen LogP contribution in [-0.4, -0.2) is 45.5 Å². The highest BCUT2D eigenvalue weighted by atomic mass is 32.2. The van der Waals surface area contributed by atoms with E-state index in [0.717, 1.165) is 65.8 Å². The Morgan fingerprint density at radius 1 is 1.17 bits per heavy atom. The van der Waals surface area contributed by atoms with Gasteiger partial charge in [-0.05, 0) is 67.3 Å². The van der Waals surface area contributed by atoms with Gasteiger partial charge in [0.15, 0.2) is 5.17 Å². The number of hydrogen-bond donors (Lipinski definition) is 0. The van der Waals surface area contributed by atoms with Crippen LogP contribution in [0, 0.1) is 5.92 Å². The van der Waals surface area contributed by atoms with Crippen molar-refractivity contribution in [2.75, 3.05) is 19.7 Å². The molecule has 0 spiro atoms. The molecular weight excluding hydrogens is 468 g/mol. The van der Waals surface area contributed by atoms with E-state index in [1.54, 1.807) is 0 Å². The first-order valence-corrected chi connectivity index (χ1v) is 13.6. The Morgan fingerprint density at radius 3 is 2.83 bits per heavy atom. The molecule has 2 aromatic carbocycles. The zero-order valence-electron chi connectivity index (χ0n) is 20.9. The molecule has 6 nitrogen and oxygen atoms in total. The lowest BCUT2D eigenvalue weighted by atomic mass is 10.0. The quantitative estimate of drug-likeness (QED) is 0.277. The SMILES string of the molecule is CCCCOc1cccc(-c2nn(-c3ccccc3)cc2/C=C2\SC(N3CCC[C@H](C)C3)=NC2=O)c1. The van der Waals surface area contributed by atoms with Gasteiger partial charge in [-0.15, -0.1) is 0 Å². The molecule has 0 bridgehead atoms. The third-order valence-corrected chi connectivity index (χ3v) is 7.51. The third-order valence-electron chi connectivity index (χ3n) is 6.46. The Kier molecular flexibility index (Phi) is 7.56. The topological polar surface area (TPSA) is 59.7 Å². The number of likely N-dealkylation sites (tertiary alicyclic amines) is 1. The number of amidine groups is 1. The number of ether oxygens (including phenoxy) is 1. The van der Waals surface area contributed by atoms with Gasteiger partial charge < -0.3 is 9.64 Å². The minimum Gasteiger partial charge on any atom is -0.494 e. The third kappa shape index (κ3) is 5.57. The number of para-hydroxylation sites is 1. The molecule has 7 heteroatoms. The molecule has 1 fully saturated rings. The summed E-state index contributed by atoms with van der Waals surface area (Å²) in [5.41, 5.74) is 3.60. The Balaban J connectivity index is 1.47. The maximum absolute atomic E-state index is 12.9. The number of unbranched alkanes of at least 4 members (excludes halogenated alkanes) is 1. The highest BCUT2D eigenvalue weighted by Gasteiger charge is 2.29. The normalized spacial score (nSPS) is 19.1. The van der Waals surface area contributed by atoms with Crippen LogP contribution in [0.4, 0.5) is 0 Å². The summed E-state index contributed by atoms with van der Waals surface area (Å²) in [4.78, 5) is 20.2. The number of carbonyl (C=O) groups excluding carboxylic acids is 1. The van der Waals surface area contributed by atoms with Gasteiger partial charge in [-0.2, -0.15) is 10.1 Å². The highest BCUT2D eigenvalue weighted by Crippen LogP contribution is 2.35. The number of amides is 1. The second-order valence-corrected chi connectivity index (χ2v) is 10.5. The fourth-order valence-electron chi connectivity index (χ4n) is 4.54. The molecular formula is C29H32N4O2S. The summed E-state index contributed by atoms with van der Waals surface area (Å²) < 4.78 is 7.81. The Morgan fingerprint density at radius 2 is 2.03 bits per heavy atom. The molecule has 36 heavy (non-hydrogen) atoms. The molecule has 0 aliphatic carbocycles. The molecule has 1 amide bonds. The maximum Gasteiger partial charge on any atom is 0.286 e. The number of benzene rings is 2. The Hall–Kier alpha value is -3.32. The molecule has 2 aliphatic heterocycles. The molecule has 1 atom stereocenters. The lowest BCUT2D eigenvalue weighted by Crippen LogP contribution is -2.37. The summed E-state index contributed by atoms with van der Waals surface area (Å²) in [6.45, 7) is 7.01. The van der Waals surface area contributed by atoms with Gasteiger partial charge >= 0.3 is 0 Å². The Labute approximate surface area is 217 Å². The number of aromatic nitrogens is 2. The van der Waals surface area contributed by atoms with Gasteiger partial charge in [0.05, 0.1) is 17.2 Å². The molecule has 1 aromatic heterocycles. The fraction of sp³-hybridized carbons (Fsp3) is 0.345. The first kappa shape index (κ1) is 24.4. The van der Waals surface area contributed by atoms with Crippen molar-refractivity contribution in [1.29, 1.82) is 0 Å². The van der Waals surface area contributed by atoms with Gasteiger partial charge in [0.25, 0.3) is 5.91 Å². The molecule has 5 rings (SSSR count). The zero-order valence-corrected chi connectivity index (χ0v) is 21.7. The van der Waals surface area contributed by atoms with E-state index in [2.05, 4.69) is 23.7 Å². The number of rotatable bonds is 7. The van der Waals surface area contributed by atoms with Gasteiger partial charge in [0, 0.05) is 30.4 Å². The zero-order chi connectivity index (χ0) is 24.9. The van der Waals surface area contributed by atoms with E-state index in [-0.39, 0.29) is 5.91 Å². The molecule has 1 saturated heterocycles. The van der Waals surface area contributed by atoms with E-state index in [4.69, 9.17) is 9.84 Å². The van der Waals surface area contributed by atoms with Crippen molar-refractivity contribution < 1.29 is 9.53 Å². The lowest BCUT2D eigenvalue weighted by Gasteiger charge is -2.31. The average Bonchev–Trinajstić information content (AvgIpc) is 3.49. The number of aliphatic imine (C=N–C) groups is 1. The van der Waals surface area contributed by atoms with Crippen LogP contribution in [0.1, 0.15) is 45.1 Å². The summed E-state index contributed by atoms with van der Waals surface area (Å²) in [5, 5.41) is 5.74. The van der Waals surface area contributed by atoms with Crippen molar-refractivity contribution in [3.63, 3.8) is 0 Å². The first-order valence-electron chi connectivity index (χ1n) is 12.8. The van der Waals surface area contributed by atoms with E-state index >= 15 is 0 Å². The number of nitrogens with zero attached hydrogens (tertiary/aromatic N) is 4. The van der Waals surface area contributed by atoms with Gasteiger partial charge in [0.2, 0.25) is 0 Å². The number of thioether (sulfide) groups is 1. The number of piperidine rings is 1. The molecule has 186 valence electrons. The van der Waals surface area contributed by atoms with Gasteiger partial charge in [0.1, 0.15) is 11.4 Å². The maximum atomic E-state index is 12.9. The summed E-state index contributed by atoms with van der Waals surface area (Å²) in [6.07, 6.45) is 8.39. The molecule has 0 unspecified atom stereocenters. The van der Waals surface area contributed by atoms with Gasteiger partial charge in [-0.3, -0.25) is 4.79 Å². The van der Waals surface area contributed by atoms with Crippen LogP contribution in [0.3, 0.4) is 0 Å². The molecule has 2 aliphatic rings. The second-order valence-electron chi connectivity index (χ2n) is 9.45. The lowest BCUT2D eigenvalue weighted by molar-refractivity contribution is -0.113. The fourth-order valence-corrected chi connectivity index (χ4v) is 5.47. The van der Waals surface area contributed by atoms with Crippen molar-refractivity contribution in [2.24, 2.45) is 10.9 Å². The summed E-state index contributed by atoms with van der Waals surface area (Å²) in [5.74, 6) is 1.26. The minimum absolute atomic E-state index is 0.178. The van der Waals surface area contributed by atoms with Crippen molar-refractivity contribution in [3.8, 4) is 22.7 Å². The van der Waals surface area contributed by atoms with Crippen LogP contribution in [0.15, 0.2) is 70.7 Å². The van der Waals surface area contributed by atoms with Crippen LogP contribution in [0.2, 0.25) is 0 Å². The van der Waals surface area contributed by atoms with E-state index in [1.807, 2.05) is 71.6 Å². The first-order chi connectivity index (χ1) is 17.6. The van der Waals surface area contributed by atoms with Gasteiger partial charge in [-0.1, -0.05) is 50.6 Å². The largest absolute Gasteiger partial charge is 0.494 e. The van der Waals surface area contributed by atoms with Crippen molar-refractivity contribution >= 4 is 28.9 Å². The predicted molar refractivity (Wildman–Crippen MR) is 147 cm³/mol. The van der Waals surface area contributed by atoms with Crippen molar-refractivity contribution in [2.45, 2.75) is 39.5 Å². The average molecular weight is 501 g/mol. The van der Waals surface area contributed by atoms with Crippen molar-refractivity contribution in [1.82, 2.24) is 14.7 Å². The van der Waals surface area contributed by atoms with Crippen LogP contribution in [0.5, 0.6) is 5.75 Å². The van der Waals surface area contributed by atoms with Gasteiger partial charge in [-0.25, -0.2) is 4.68 Å². The predicted octanol–water partition coefficient (Wildman–Crippen LogP) is 6.42. The molecule has 0 N–H and O–H groups in total. The van der Waals surface area contributed by atoms with E-state index in [9.17, 15) is 4.79 Å². The number of carbonyl (C=O) groups is 1. The van der Waals surface area contributed by atoms with Crippen LogP contribution < -0.4 is 4.74 Å². The molecule has 3 aromatic rings. The Bertz CT molecular complexity index is 1280. The molecule has 3 heterocycles.